The van der Waals surface area contributed by atoms with E-state index in [4.69, 9.17) is 4.74 Å². The summed E-state index contributed by atoms with van der Waals surface area (Å²) in [6.45, 7) is 4.63. The van der Waals surface area contributed by atoms with Gasteiger partial charge in [0.2, 0.25) is 0 Å². The van der Waals surface area contributed by atoms with Crippen molar-refractivity contribution in [1.82, 2.24) is 10.2 Å². The summed E-state index contributed by atoms with van der Waals surface area (Å²) >= 11 is 0. The van der Waals surface area contributed by atoms with Gasteiger partial charge in [0.05, 0.1) is 7.11 Å². The monoisotopic (exact) mass is 284 g/mol. The van der Waals surface area contributed by atoms with Crippen LogP contribution in [0.3, 0.4) is 0 Å². The lowest BCUT2D eigenvalue weighted by atomic mass is 10.0. The molecule has 1 aliphatic heterocycles. The van der Waals surface area contributed by atoms with Crippen LogP contribution in [-0.4, -0.2) is 38.2 Å². The average molecular weight is 285 g/mol. The van der Waals surface area contributed by atoms with Gasteiger partial charge in [0, 0.05) is 25.2 Å². The summed E-state index contributed by atoms with van der Waals surface area (Å²) in [5.74, 6) is 0.949. The van der Waals surface area contributed by atoms with Crippen LogP contribution < -0.4 is 10.1 Å². The Morgan fingerprint density at radius 1 is 1.32 bits per heavy atom. The van der Waals surface area contributed by atoms with Gasteiger partial charge in [0.25, 0.3) is 0 Å². The van der Waals surface area contributed by atoms with E-state index in [2.05, 4.69) is 42.4 Å². The van der Waals surface area contributed by atoms with Gasteiger partial charge < -0.3 is 10.1 Å². The van der Waals surface area contributed by atoms with Gasteiger partial charge in [-0.3, -0.25) is 4.90 Å². The molecule has 0 radical (unpaired) electrons. The van der Waals surface area contributed by atoms with Crippen molar-refractivity contribution >= 4 is 12.4 Å². The summed E-state index contributed by atoms with van der Waals surface area (Å²) in [5, 5.41) is 3.37. The number of likely N-dealkylation sites (tertiary alicyclic amines) is 1. The number of piperidine rings is 1. The second-order valence-corrected chi connectivity index (χ2v) is 5.05. The average Bonchev–Trinajstić information content (AvgIpc) is 2.46. The molecule has 4 heteroatoms. The molecule has 3 nitrogen and oxygen atoms in total. The molecule has 1 unspecified atom stereocenters. The van der Waals surface area contributed by atoms with Crippen molar-refractivity contribution < 1.29 is 4.74 Å². The molecule has 1 saturated heterocycles. The van der Waals surface area contributed by atoms with Crippen molar-refractivity contribution in [3.05, 3.63) is 29.8 Å². The summed E-state index contributed by atoms with van der Waals surface area (Å²) in [4.78, 5) is 2.56. The Bertz CT molecular complexity index is 378. The van der Waals surface area contributed by atoms with Crippen molar-refractivity contribution in [3.63, 3.8) is 0 Å². The quantitative estimate of drug-likeness (QED) is 0.920. The van der Waals surface area contributed by atoms with Gasteiger partial charge >= 0.3 is 0 Å². The fourth-order valence-electron chi connectivity index (χ4n) is 2.69. The van der Waals surface area contributed by atoms with Gasteiger partial charge in [-0.1, -0.05) is 12.1 Å². The minimum atomic E-state index is 0. The van der Waals surface area contributed by atoms with Crippen LogP contribution in [0.2, 0.25) is 0 Å². The first kappa shape index (κ1) is 16.3. The summed E-state index contributed by atoms with van der Waals surface area (Å²) in [6, 6.07) is 9.58. The van der Waals surface area contributed by atoms with Gasteiger partial charge in [-0.2, -0.15) is 0 Å². The van der Waals surface area contributed by atoms with Gasteiger partial charge in [-0.05, 0) is 44.5 Å². The molecule has 0 aliphatic carbocycles. The van der Waals surface area contributed by atoms with E-state index in [1.807, 2.05) is 6.07 Å². The summed E-state index contributed by atoms with van der Waals surface area (Å²) in [6.07, 6.45) is 2.48. The Morgan fingerprint density at radius 3 is 2.58 bits per heavy atom. The van der Waals surface area contributed by atoms with Gasteiger partial charge in [0.15, 0.2) is 0 Å². The molecule has 0 aromatic heterocycles. The Kier molecular flexibility index (Phi) is 6.63. The lowest BCUT2D eigenvalue weighted by molar-refractivity contribution is 0.155. The maximum absolute atomic E-state index is 5.30. The van der Waals surface area contributed by atoms with E-state index in [1.54, 1.807) is 7.11 Å². The Balaban J connectivity index is 0.00000180. The van der Waals surface area contributed by atoms with Crippen LogP contribution in [0.1, 0.15) is 31.4 Å². The Labute approximate surface area is 122 Å². The topological polar surface area (TPSA) is 24.5 Å². The highest BCUT2D eigenvalue weighted by atomic mass is 35.5. The largest absolute Gasteiger partial charge is 0.497 e. The van der Waals surface area contributed by atoms with Crippen molar-refractivity contribution in [1.29, 1.82) is 0 Å². The number of nitrogens with zero attached hydrogens (tertiary/aromatic N) is 1. The van der Waals surface area contributed by atoms with Crippen LogP contribution in [0.25, 0.3) is 0 Å². The van der Waals surface area contributed by atoms with E-state index in [0.717, 1.165) is 5.75 Å². The number of nitrogens with one attached hydrogen (secondary N) is 1. The Morgan fingerprint density at radius 2 is 2.00 bits per heavy atom. The minimum absolute atomic E-state index is 0. The van der Waals surface area contributed by atoms with Crippen molar-refractivity contribution in [2.45, 2.75) is 31.8 Å². The first-order valence-electron chi connectivity index (χ1n) is 6.80. The first-order chi connectivity index (χ1) is 8.74. The zero-order valence-corrected chi connectivity index (χ0v) is 12.9. The predicted octanol–water partition coefficient (Wildman–Crippen LogP) is 2.86. The van der Waals surface area contributed by atoms with Crippen LogP contribution >= 0.6 is 12.4 Å². The van der Waals surface area contributed by atoms with E-state index in [1.165, 1.54) is 31.5 Å². The zero-order valence-electron chi connectivity index (χ0n) is 12.1. The SMILES string of the molecule is CNC1CCN(C(C)c2cccc(OC)c2)CC1.Cl. The standard InChI is InChI=1S/C15H24N2O.ClH/c1-12(13-5-4-6-15(11-13)18-3)17-9-7-14(16-2)8-10-17;/h4-6,11-12,14,16H,7-10H2,1-3H3;1H. The fraction of sp³-hybridized carbons (Fsp3) is 0.600. The number of methoxy groups -OCH3 is 1. The number of rotatable bonds is 4. The molecule has 0 bridgehead atoms. The van der Waals surface area contributed by atoms with Gasteiger partial charge in [-0.15, -0.1) is 12.4 Å². The number of ether oxygens (including phenoxy) is 1. The van der Waals surface area contributed by atoms with E-state index < -0.39 is 0 Å². The summed E-state index contributed by atoms with van der Waals surface area (Å²) < 4.78 is 5.30. The van der Waals surface area contributed by atoms with Crippen molar-refractivity contribution in [2.24, 2.45) is 0 Å². The lowest BCUT2D eigenvalue weighted by Crippen LogP contribution is -2.42. The molecule has 1 aromatic carbocycles. The lowest BCUT2D eigenvalue weighted by Gasteiger charge is -2.36. The number of halogens is 1. The molecule has 1 heterocycles. The van der Waals surface area contributed by atoms with Crippen molar-refractivity contribution in [2.75, 3.05) is 27.2 Å². The highest BCUT2D eigenvalue weighted by Crippen LogP contribution is 2.26. The van der Waals surface area contributed by atoms with Gasteiger partial charge in [0.1, 0.15) is 5.75 Å². The van der Waals surface area contributed by atoms with Crippen LogP contribution in [0.4, 0.5) is 0 Å². The second-order valence-electron chi connectivity index (χ2n) is 5.05. The third-order valence-electron chi connectivity index (χ3n) is 4.06. The normalized spacial score (nSPS) is 18.7. The zero-order chi connectivity index (χ0) is 13.0. The van der Waals surface area contributed by atoms with E-state index in [-0.39, 0.29) is 12.4 Å². The maximum atomic E-state index is 5.30. The highest BCUT2D eigenvalue weighted by Gasteiger charge is 2.22. The molecule has 2 rings (SSSR count). The molecule has 0 amide bonds. The number of hydrogen-bond acceptors (Lipinski definition) is 3. The molecule has 0 spiro atoms. The van der Waals surface area contributed by atoms with Gasteiger partial charge in [-0.25, -0.2) is 0 Å². The third kappa shape index (κ3) is 4.10. The molecule has 108 valence electrons. The molecule has 1 fully saturated rings. The van der Waals surface area contributed by atoms with Crippen LogP contribution in [-0.2, 0) is 0 Å². The van der Waals surface area contributed by atoms with E-state index >= 15 is 0 Å². The molecule has 1 N–H and O–H groups in total. The number of hydrogen-bond donors (Lipinski definition) is 1. The summed E-state index contributed by atoms with van der Waals surface area (Å²) in [5.41, 5.74) is 1.34. The third-order valence-corrected chi connectivity index (χ3v) is 4.06. The predicted molar refractivity (Wildman–Crippen MR) is 82.3 cm³/mol. The fourth-order valence-corrected chi connectivity index (χ4v) is 2.69. The summed E-state index contributed by atoms with van der Waals surface area (Å²) in [7, 11) is 3.79. The smallest absolute Gasteiger partial charge is 0.119 e. The van der Waals surface area contributed by atoms with E-state index in [9.17, 15) is 0 Å². The second kappa shape index (κ2) is 7.73. The maximum Gasteiger partial charge on any atom is 0.119 e. The van der Waals surface area contributed by atoms with E-state index in [0.29, 0.717) is 12.1 Å². The molecule has 1 atom stereocenters. The Hall–Kier alpha value is -0.770. The first-order valence-corrected chi connectivity index (χ1v) is 6.80. The molecule has 0 saturated carbocycles. The molecule has 1 aromatic rings. The molecule has 1 aliphatic rings. The van der Waals surface area contributed by atoms with Crippen LogP contribution in [0.5, 0.6) is 5.75 Å². The minimum Gasteiger partial charge on any atom is -0.497 e. The molecular weight excluding hydrogens is 260 g/mol. The molecular formula is C15H25ClN2O. The molecule has 19 heavy (non-hydrogen) atoms. The highest BCUT2D eigenvalue weighted by molar-refractivity contribution is 5.85. The van der Waals surface area contributed by atoms with Crippen LogP contribution in [0.15, 0.2) is 24.3 Å². The number of benzene rings is 1. The van der Waals surface area contributed by atoms with Crippen molar-refractivity contribution in [3.8, 4) is 5.75 Å². The van der Waals surface area contributed by atoms with Crippen LogP contribution in [0, 0.1) is 0 Å².